The molecular weight excluding hydrogens is 236 g/mol. The lowest BCUT2D eigenvalue weighted by Crippen LogP contribution is -2.26. The lowest BCUT2D eigenvalue weighted by molar-refractivity contribution is 0.0702. The van der Waals surface area contributed by atoms with Gasteiger partial charge in [0.2, 0.25) is 0 Å². The fourth-order valence-electron chi connectivity index (χ4n) is 2.14. The molecule has 0 saturated carbocycles. The molecule has 1 aromatic heterocycles. The van der Waals surface area contributed by atoms with Crippen LogP contribution in [0.4, 0.5) is 0 Å². The molecule has 94 valence electrons. The number of nitrogens with zero attached hydrogens (tertiary/aromatic N) is 2. The van der Waals surface area contributed by atoms with E-state index in [2.05, 4.69) is 9.88 Å². The smallest absolute Gasteiger partial charge is 0.347 e. The lowest BCUT2D eigenvalue weighted by atomic mass is 10.2. The highest BCUT2D eigenvalue weighted by Crippen LogP contribution is 2.15. The molecule has 0 aliphatic carbocycles. The predicted molar refractivity (Wildman–Crippen MR) is 67.7 cm³/mol. The van der Waals surface area contributed by atoms with Crippen LogP contribution in [0.25, 0.3) is 0 Å². The van der Waals surface area contributed by atoms with E-state index in [4.69, 9.17) is 5.11 Å². The maximum atomic E-state index is 10.7. The Labute approximate surface area is 105 Å². The molecule has 0 atom stereocenters. The van der Waals surface area contributed by atoms with Gasteiger partial charge in [-0.15, -0.1) is 11.3 Å². The first-order valence-corrected chi connectivity index (χ1v) is 6.98. The number of hydrogen-bond acceptors (Lipinski definition) is 4. The third-order valence-corrected chi connectivity index (χ3v) is 4.15. The summed E-state index contributed by atoms with van der Waals surface area (Å²) in [6, 6.07) is 0. The molecule has 1 N–H and O–H groups in total. The van der Waals surface area contributed by atoms with Gasteiger partial charge in [-0.25, -0.2) is 9.78 Å². The third kappa shape index (κ3) is 3.78. The van der Waals surface area contributed by atoms with E-state index in [0.717, 1.165) is 18.0 Å². The van der Waals surface area contributed by atoms with Crippen LogP contribution >= 0.6 is 11.3 Å². The second-order valence-electron chi connectivity index (χ2n) is 4.43. The molecule has 1 saturated heterocycles. The maximum Gasteiger partial charge on any atom is 0.347 e. The highest BCUT2D eigenvalue weighted by molar-refractivity contribution is 7.13. The molecule has 2 rings (SSSR count). The molecular formula is C12H18N2O2S. The number of thiazole rings is 1. The molecule has 0 radical (unpaired) electrons. The van der Waals surface area contributed by atoms with Gasteiger partial charge in [0.05, 0.1) is 11.2 Å². The quantitative estimate of drug-likeness (QED) is 0.895. The van der Waals surface area contributed by atoms with Gasteiger partial charge in [0.25, 0.3) is 0 Å². The van der Waals surface area contributed by atoms with Crippen LogP contribution in [0.3, 0.4) is 0 Å². The second kappa shape index (κ2) is 6.12. The molecule has 0 aromatic carbocycles. The van der Waals surface area contributed by atoms with Crippen LogP contribution in [0, 0.1) is 0 Å². The molecule has 0 spiro atoms. The van der Waals surface area contributed by atoms with Crippen molar-refractivity contribution in [3.05, 3.63) is 16.1 Å². The van der Waals surface area contributed by atoms with Crippen molar-refractivity contribution in [2.24, 2.45) is 0 Å². The van der Waals surface area contributed by atoms with Gasteiger partial charge < -0.3 is 10.0 Å². The predicted octanol–water partition coefficient (Wildman–Crippen LogP) is 2.26. The number of carboxylic acids is 1. The summed E-state index contributed by atoms with van der Waals surface area (Å²) in [5.74, 6) is -0.872. The molecule has 1 aliphatic heterocycles. The van der Waals surface area contributed by atoms with Crippen LogP contribution < -0.4 is 0 Å². The fourth-order valence-corrected chi connectivity index (χ4v) is 2.88. The van der Waals surface area contributed by atoms with Crippen LogP contribution in [0.1, 0.15) is 40.4 Å². The number of rotatable bonds is 4. The van der Waals surface area contributed by atoms with Crippen molar-refractivity contribution in [2.75, 3.05) is 19.6 Å². The largest absolute Gasteiger partial charge is 0.477 e. The number of likely N-dealkylation sites (tertiary alicyclic amines) is 1. The first kappa shape index (κ1) is 12.5. The van der Waals surface area contributed by atoms with Crippen molar-refractivity contribution in [2.45, 2.75) is 32.1 Å². The first-order valence-electron chi connectivity index (χ1n) is 6.16. The molecule has 17 heavy (non-hydrogen) atoms. The van der Waals surface area contributed by atoms with Crippen molar-refractivity contribution < 1.29 is 9.90 Å². The second-order valence-corrected chi connectivity index (χ2v) is 5.54. The minimum Gasteiger partial charge on any atom is -0.477 e. The monoisotopic (exact) mass is 254 g/mol. The van der Waals surface area contributed by atoms with Crippen LogP contribution in [0.2, 0.25) is 0 Å². The van der Waals surface area contributed by atoms with Gasteiger partial charge in [-0.2, -0.15) is 0 Å². The van der Waals surface area contributed by atoms with Crippen molar-refractivity contribution >= 4 is 17.3 Å². The summed E-state index contributed by atoms with van der Waals surface area (Å²) in [6.45, 7) is 3.36. The van der Waals surface area contributed by atoms with Crippen molar-refractivity contribution in [1.82, 2.24) is 9.88 Å². The Morgan fingerprint density at radius 2 is 2.06 bits per heavy atom. The summed E-state index contributed by atoms with van der Waals surface area (Å²) in [5.41, 5.74) is 0. The number of carboxylic acid groups (broad SMARTS) is 1. The number of hydrogen-bond donors (Lipinski definition) is 1. The molecule has 0 bridgehead atoms. The summed E-state index contributed by atoms with van der Waals surface area (Å²) in [7, 11) is 0. The van der Waals surface area contributed by atoms with Crippen LogP contribution in [0.15, 0.2) is 6.20 Å². The molecule has 0 unspecified atom stereocenters. The Balaban J connectivity index is 1.81. The Morgan fingerprint density at radius 3 is 2.65 bits per heavy atom. The average molecular weight is 254 g/mol. The van der Waals surface area contributed by atoms with E-state index in [-0.39, 0.29) is 0 Å². The number of carbonyl (C=O) groups is 1. The summed E-state index contributed by atoms with van der Waals surface area (Å²) in [6.07, 6.45) is 7.60. The Bertz CT molecular complexity index is 370. The van der Waals surface area contributed by atoms with Crippen molar-refractivity contribution in [1.29, 1.82) is 0 Å². The van der Waals surface area contributed by atoms with Gasteiger partial charge in [-0.3, -0.25) is 0 Å². The average Bonchev–Trinajstić information content (AvgIpc) is 2.63. The molecule has 1 aliphatic rings. The van der Waals surface area contributed by atoms with Gasteiger partial charge in [-0.05, 0) is 25.9 Å². The van der Waals surface area contributed by atoms with E-state index < -0.39 is 5.97 Å². The molecule has 5 heteroatoms. The Morgan fingerprint density at radius 1 is 1.35 bits per heavy atom. The first-order chi connectivity index (χ1) is 8.25. The van der Waals surface area contributed by atoms with Crippen molar-refractivity contribution in [3.8, 4) is 0 Å². The topological polar surface area (TPSA) is 53.4 Å². The summed E-state index contributed by atoms with van der Waals surface area (Å²) in [5, 5.41) is 9.75. The van der Waals surface area contributed by atoms with Crippen LogP contribution in [-0.4, -0.2) is 40.6 Å². The normalized spacial score (nSPS) is 17.9. The van der Waals surface area contributed by atoms with Gasteiger partial charge in [-0.1, -0.05) is 12.8 Å². The highest BCUT2D eigenvalue weighted by atomic mass is 32.1. The van der Waals surface area contributed by atoms with Crippen molar-refractivity contribution in [3.63, 3.8) is 0 Å². The summed E-state index contributed by atoms with van der Waals surface area (Å²) >= 11 is 1.30. The summed E-state index contributed by atoms with van der Waals surface area (Å²) < 4.78 is 0. The van der Waals surface area contributed by atoms with Gasteiger partial charge in [0, 0.05) is 13.0 Å². The van der Waals surface area contributed by atoms with E-state index in [1.165, 1.54) is 56.3 Å². The lowest BCUT2D eigenvalue weighted by Gasteiger charge is -2.18. The van der Waals surface area contributed by atoms with Crippen LogP contribution in [0.5, 0.6) is 0 Å². The molecule has 0 amide bonds. The van der Waals surface area contributed by atoms with Gasteiger partial charge in [0.1, 0.15) is 4.88 Å². The van der Waals surface area contributed by atoms with Gasteiger partial charge >= 0.3 is 5.97 Å². The zero-order valence-electron chi connectivity index (χ0n) is 9.89. The zero-order valence-corrected chi connectivity index (χ0v) is 10.7. The van der Waals surface area contributed by atoms with Crippen LogP contribution in [-0.2, 0) is 6.42 Å². The Kier molecular flexibility index (Phi) is 4.50. The fraction of sp³-hybridized carbons (Fsp3) is 0.667. The van der Waals surface area contributed by atoms with E-state index in [1.54, 1.807) is 0 Å². The summed E-state index contributed by atoms with van der Waals surface area (Å²) in [4.78, 5) is 17.7. The standard InChI is InChI=1S/C12H18N2O2S/c15-12(16)10-9-13-11(17-10)5-8-14-6-3-1-2-4-7-14/h9H,1-8H2,(H,15,16). The van der Waals surface area contributed by atoms with Gasteiger partial charge in [0.15, 0.2) is 0 Å². The molecule has 1 aromatic rings. The molecule has 1 fully saturated rings. The number of aromatic nitrogens is 1. The molecule has 4 nitrogen and oxygen atoms in total. The highest BCUT2D eigenvalue weighted by Gasteiger charge is 2.11. The third-order valence-electron chi connectivity index (χ3n) is 3.10. The van der Waals surface area contributed by atoms with E-state index >= 15 is 0 Å². The van der Waals surface area contributed by atoms with E-state index in [1.807, 2.05) is 0 Å². The van der Waals surface area contributed by atoms with E-state index in [9.17, 15) is 4.79 Å². The minimum absolute atomic E-state index is 0.343. The maximum absolute atomic E-state index is 10.7. The SMILES string of the molecule is O=C(O)c1cnc(CCN2CCCCCC2)s1. The molecule has 2 heterocycles. The zero-order chi connectivity index (χ0) is 12.1. The Hall–Kier alpha value is -0.940. The van der Waals surface area contributed by atoms with E-state index in [0.29, 0.717) is 4.88 Å². The number of aromatic carboxylic acids is 1. The minimum atomic E-state index is -0.872.